The van der Waals surface area contributed by atoms with E-state index < -0.39 is 0 Å². The number of aromatic nitrogens is 1. The van der Waals surface area contributed by atoms with Crippen molar-refractivity contribution in [2.75, 3.05) is 13.2 Å². The predicted octanol–water partition coefficient (Wildman–Crippen LogP) is 2.72. The van der Waals surface area contributed by atoms with Crippen LogP contribution in [0.25, 0.3) is 0 Å². The van der Waals surface area contributed by atoms with E-state index in [-0.39, 0.29) is 24.6 Å². The SMILES string of the molecule is CCOc1cc(C#N)cc(Br)c1OCC(=O)NCc1c(C)cc(C)[nH]c1=O. The summed E-state index contributed by atoms with van der Waals surface area (Å²) in [5, 5.41) is 11.7. The van der Waals surface area contributed by atoms with Crippen LogP contribution < -0.4 is 20.3 Å². The van der Waals surface area contributed by atoms with Crippen LogP contribution in [-0.2, 0) is 11.3 Å². The number of hydrogen-bond donors (Lipinski definition) is 2. The number of pyridine rings is 1. The number of carbonyl (C=O) groups is 1. The number of nitrogens with zero attached hydrogens (tertiary/aromatic N) is 1. The first-order chi connectivity index (χ1) is 12.8. The first-order valence-electron chi connectivity index (χ1n) is 8.31. The molecular weight excluding hydrogens is 414 g/mol. The van der Waals surface area contributed by atoms with Gasteiger partial charge in [0.15, 0.2) is 18.1 Å². The molecule has 1 aromatic carbocycles. The van der Waals surface area contributed by atoms with Crippen molar-refractivity contribution in [3.63, 3.8) is 0 Å². The lowest BCUT2D eigenvalue weighted by Gasteiger charge is -2.14. The van der Waals surface area contributed by atoms with Gasteiger partial charge in [-0.1, -0.05) is 0 Å². The lowest BCUT2D eigenvalue weighted by molar-refractivity contribution is -0.123. The molecule has 0 saturated heterocycles. The lowest BCUT2D eigenvalue weighted by atomic mass is 10.1. The van der Waals surface area contributed by atoms with Crippen molar-refractivity contribution in [2.24, 2.45) is 0 Å². The van der Waals surface area contributed by atoms with Gasteiger partial charge in [0.05, 0.1) is 22.7 Å². The number of rotatable bonds is 7. The third-order valence-electron chi connectivity index (χ3n) is 3.74. The zero-order valence-electron chi connectivity index (χ0n) is 15.3. The number of aromatic amines is 1. The topological polar surface area (TPSA) is 104 Å². The molecule has 0 fully saturated rings. The van der Waals surface area contributed by atoms with Crippen molar-refractivity contribution in [3.8, 4) is 17.6 Å². The maximum absolute atomic E-state index is 12.1. The molecule has 7 nitrogen and oxygen atoms in total. The number of nitrogens with one attached hydrogen (secondary N) is 2. The van der Waals surface area contributed by atoms with Gasteiger partial charge in [-0.25, -0.2) is 0 Å². The summed E-state index contributed by atoms with van der Waals surface area (Å²) in [4.78, 5) is 26.8. The minimum atomic E-state index is -0.381. The van der Waals surface area contributed by atoms with Crippen LogP contribution in [0.2, 0.25) is 0 Å². The maximum atomic E-state index is 12.1. The van der Waals surface area contributed by atoms with Gasteiger partial charge >= 0.3 is 0 Å². The molecule has 8 heteroatoms. The molecule has 1 aromatic heterocycles. The Balaban J connectivity index is 2.04. The zero-order valence-corrected chi connectivity index (χ0v) is 16.9. The van der Waals surface area contributed by atoms with Crippen molar-refractivity contribution in [3.05, 3.63) is 55.4 Å². The monoisotopic (exact) mass is 433 g/mol. The van der Waals surface area contributed by atoms with Crippen LogP contribution in [0.4, 0.5) is 0 Å². The minimum Gasteiger partial charge on any atom is -0.490 e. The maximum Gasteiger partial charge on any atom is 0.258 e. The molecule has 0 unspecified atom stereocenters. The number of carbonyl (C=O) groups excluding carboxylic acids is 1. The van der Waals surface area contributed by atoms with Gasteiger partial charge < -0.3 is 19.8 Å². The molecule has 0 atom stereocenters. The Morgan fingerprint density at radius 2 is 2.04 bits per heavy atom. The highest BCUT2D eigenvalue weighted by atomic mass is 79.9. The summed E-state index contributed by atoms with van der Waals surface area (Å²) in [5.41, 5.74) is 2.28. The number of halogens is 1. The number of aryl methyl sites for hydroxylation is 2. The summed E-state index contributed by atoms with van der Waals surface area (Å²) in [7, 11) is 0. The van der Waals surface area contributed by atoms with E-state index in [0.29, 0.717) is 33.7 Å². The van der Waals surface area contributed by atoms with Crippen LogP contribution in [0, 0.1) is 25.2 Å². The Morgan fingerprint density at radius 1 is 1.30 bits per heavy atom. The molecule has 0 radical (unpaired) electrons. The molecule has 2 aromatic rings. The van der Waals surface area contributed by atoms with Crippen molar-refractivity contribution in [1.82, 2.24) is 10.3 Å². The van der Waals surface area contributed by atoms with Gasteiger partial charge in [0.25, 0.3) is 11.5 Å². The van der Waals surface area contributed by atoms with Gasteiger partial charge in [-0.05, 0) is 54.4 Å². The molecule has 1 heterocycles. The van der Waals surface area contributed by atoms with Crippen LogP contribution in [0.3, 0.4) is 0 Å². The van der Waals surface area contributed by atoms with Crippen molar-refractivity contribution >= 4 is 21.8 Å². The van der Waals surface area contributed by atoms with E-state index in [1.807, 2.05) is 26.0 Å². The summed E-state index contributed by atoms with van der Waals surface area (Å²) in [6, 6.07) is 7.02. The second-order valence-electron chi connectivity index (χ2n) is 5.84. The molecule has 0 aliphatic heterocycles. The van der Waals surface area contributed by atoms with E-state index in [4.69, 9.17) is 14.7 Å². The number of benzene rings is 1. The number of ether oxygens (including phenoxy) is 2. The molecule has 1 amide bonds. The molecule has 142 valence electrons. The van der Waals surface area contributed by atoms with Gasteiger partial charge in [0, 0.05) is 23.9 Å². The molecule has 0 bridgehead atoms. The molecule has 2 rings (SSSR count). The predicted molar refractivity (Wildman–Crippen MR) is 104 cm³/mol. The van der Waals surface area contributed by atoms with Crippen LogP contribution in [-0.4, -0.2) is 24.1 Å². The Morgan fingerprint density at radius 3 is 2.67 bits per heavy atom. The van der Waals surface area contributed by atoms with E-state index in [1.54, 1.807) is 19.1 Å². The van der Waals surface area contributed by atoms with E-state index in [1.165, 1.54) is 0 Å². The second-order valence-corrected chi connectivity index (χ2v) is 6.69. The molecule has 0 spiro atoms. The Kier molecular flexibility index (Phi) is 7.02. The fourth-order valence-corrected chi connectivity index (χ4v) is 3.07. The summed E-state index contributed by atoms with van der Waals surface area (Å²) in [5.74, 6) is 0.338. The number of H-pyrrole nitrogens is 1. The van der Waals surface area contributed by atoms with Crippen LogP contribution in [0.5, 0.6) is 11.5 Å². The largest absolute Gasteiger partial charge is 0.490 e. The first kappa shape index (κ1) is 20.5. The van der Waals surface area contributed by atoms with Crippen molar-refractivity contribution in [1.29, 1.82) is 5.26 Å². The molecule has 0 aliphatic carbocycles. The summed E-state index contributed by atoms with van der Waals surface area (Å²) in [6.45, 7) is 5.67. The standard InChI is InChI=1S/C19H20BrN3O4/c1-4-26-16-7-13(8-21)6-15(20)18(16)27-10-17(24)22-9-14-11(2)5-12(3)23-19(14)25/h5-7H,4,9-10H2,1-3H3,(H,22,24)(H,23,25). The van der Waals surface area contributed by atoms with Crippen molar-refractivity contribution in [2.45, 2.75) is 27.3 Å². The zero-order chi connectivity index (χ0) is 20.0. The average molecular weight is 434 g/mol. The smallest absolute Gasteiger partial charge is 0.258 e. The van der Waals surface area contributed by atoms with Crippen LogP contribution in [0.15, 0.2) is 27.5 Å². The molecule has 0 aliphatic rings. The molecule has 0 saturated carbocycles. The van der Waals surface area contributed by atoms with Gasteiger partial charge in [-0.15, -0.1) is 0 Å². The Labute approximate surface area is 165 Å². The fourth-order valence-electron chi connectivity index (χ4n) is 2.51. The third kappa shape index (κ3) is 5.34. The fraction of sp³-hybridized carbons (Fsp3) is 0.316. The van der Waals surface area contributed by atoms with Gasteiger partial charge in [0.1, 0.15) is 0 Å². The van der Waals surface area contributed by atoms with Crippen molar-refractivity contribution < 1.29 is 14.3 Å². The summed E-state index contributed by atoms with van der Waals surface area (Å²) < 4.78 is 11.6. The van der Waals surface area contributed by atoms with Gasteiger partial charge in [0.2, 0.25) is 0 Å². The van der Waals surface area contributed by atoms with Crippen LogP contribution in [0.1, 0.15) is 29.3 Å². The van der Waals surface area contributed by atoms with Gasteiger partial charge in [-0.3, -0.25) is 9.59 Å². The number of hydrogen-bond acceptors (Lipinski definition) is 5. The van der Waals surface area contributed by atoms with E-state index in [2.05, 4.69) is 26.2 Å². The highest BCUT2D eigenvalue weighted by molar-refractivity contribution is 9.10. The van der Waals surface area contributed by atoms with Crippen LogP contribution >= 0.6 is 15.9 Å². The highest BCUT2D eigenvalue weighted by Crippen LogP contribution is 2.36. The average Bonchev–Trinajstić information content (AvgIpc) is 2.60. The summed E-state index contributed by atoms with van der Waals surface area (Å²) >= 11 is 3.33. The molecule has 2 N–H and O–H groups in total. The molecular formula is C19H20BrN3O4. The number of amides is 1. The van der Waals surface area contributed by atoms with Gasteiger partial charge in [-0.2, -0.15) is 5.26 Å². The second kappa shape index (κ2) is 9.24. The third-order valence-corrected chi connectivity index (χ3v) is 4.33. The highest BCUT2D eigenvalue weighted by Gasteiger charge is 2.14. The lowest BCUT2D eigenvalue weighted by Crippen LogP contribution is -2.31. The summed E-state index contributed by atoms with van der Waals surface area (Å²) in [6.07, 6.45) is 0. The van der Waals surface area contributed by atoms with E-state index >= 15 is 0 Å². The molecule has 27 heavy (non-hydrogen) atoms. The van der Waals surface area contributed by atoms with E-state index in [0.717, 1.165) is 11.3 Å². The normalized spacial score (nSPS) is 10.2. The quantitative estimate of drug-likeness (QED) is 0.698. The Hall–Kier alpha value is -2.79. The van der Waals surface area contributed by atoms with E-state index in [9.17, 15) is 9.59 Å². The number of nitriles is 1. The first-order valence-corrected chi connectivity index (χ1v) is 9.10. The Bertz CT molecular complexity index is 947. The minimum absolute atomic E-state index is 0.108.